The number of carbonyl (C=O) groups excluding carboxylic acids is 1. The van der Waals surface area contributed by atoms with Crippen molar-refractivity contribution >= 4 is 23.4 Å². The third kappa shape index (κ3) is 5.41. The number of H-pyrrole nitrogens is 1. The van der Waals surface area contributed by atoms with Crippen molar-refractivity contribution < 1.29 is 22.7 Å². The lowest BCUT2D eigenvalue weighted by molar-refractivity contribution is -0.137. The molecule has 0 spiro atoms. The molecule has 0 aliphatic carbocycles. The Kier molecular flexibility index (Phi) is 6.46. The fraction of sp³-hybridized carbons (Fsp3) is 0.150. The number of hydrogen-bond acceptors (Lipinski definition) is 5. The van der Waals surface area contributed by atoms with E-state index >= 15 is 0 Å². The molecule has 30 heavy (non-hydrogen) atoms. The van der Waals surface area contributed by atoms with Gasteiger partial charge in [0.05, 0.1) is 29.8 Å². The zero-order valence-corrected chi connectivity index (χ0v) is 16.4. The van der Waals surface area contributed by atoms with Crippen molar-refractivity contribution in [3.8, 4) is 17.0 Å². The van der Waals surface area contributed by atoms with Gasteiger partial charge >= 0.3 is 6.18 Å². The minimum atomic E-state index is -4.59. The van der Waals surface area contributed by atoms with Crippen LogP contribution in [0.2, 0.25) is 0 Å². The van der Waals surface area contributed by atoms with E-state index in [1.165, 1.54) is 31.4 Å². The van der Waals surface area contributed by atoms with Crippen molar-refractivity contribution in [1.29, 1.82) is 0 Å². The molecule has 3 aromatic rings. The second-order valence-corrected chi connectivity index (χ2v) is 7.01. The van der Waals surface area contributed by atoms with Crippen LogP contribution in [0.15, 0.2) is 64.5 Å². The molecule has 0 unspecified atom stereocenters. The highest BCUT2D eigenvalue weighted by Crippen LogP contribution is 2.34. The van der Waals surface area contributed by atoms with E-state index in [0.29, 0.717) is 17.0 Å². The van der Waals surface area contributed by atoms with Crippen molar-refractivity contribution in [1.82, 2.24) is 9.97 Å². The van der Waals surface area contributed by atoms with Crippen LogP contribution in [0.4, 0.5) is 18.9 Å². The number of nitrogens with one attached hydrogen (secondary N) is 2. The van der Waals surface area contributed by atoms with Crippen LogP contribution in [-0.2, 0) is 11.0 Å². The zero-order valence-electron chi connectivity index (χ0n) is 15.6. The summed E-state index contributed by atoms with van der Waals surface area (Å²) in [5.41, 5.74) is -0.611. The number of thioether (sulfide) groups is 1. The molecule has 0 saturated carbocycles. The first-order valence-electron chi connectivity index (χ1n) is 8.61. The lowest BCUT2D eigenvalue weighted by atomic mass is 10.1. The molecule has 6 nitrogen and oxygen atoms in total. The first-order valence-corrected chi connectivity index (χ1v) is 9.59. The normalized spacial score (nSPS) is 11.2. The highest BCUT2D eigenvalue weighted by Gasteiger charge is 2.33. The van der Waals surface area contributed by atoms with Gasteiger partial charge in [0.25, 0.3) is 5.56 Å². The molecule has 156 valence electrons. The third-order valence-corrected chi connectivity index (χ3v) is 4.83. The number of alkyl halides is 3. The number of para-hydroxylation sites is 1. The van der Waals surface area contributed by atoms with Crippen LogP contribution in [0.1, 0.15) is 5.56 Å². The summed E-state index contributed by atoms with van der Waals surface area (Å²) < 4.78 is 44.2. The second-order valence-electron chi connectivity index (χ2n) is 6.04. The van der Waals surface area contributed by atoms with Gasteiger partial charge in [-0.2, -0.15) is 13.2 Å². The number of ether oxygens (including phenoxy) is 1. The fourth-order valence-corrected chi connectivity index (χ4v) is 3.25. The first-order chi connectivity index (χ1) is 14.3. The van der Waals surface area contributed by atoms with E-state index < -0.39 is 23.2 Å². The van der Waals surface area contributed by atoms with Crippen LogP contribution in [0.25, 0.3) is 11.3 Å². The largest absolute Gasteiger partial charge is 0.497 e. The number of hydrogen-bond donors (Lipinski definition) is 2. The Bertz CT molecular complexity index is 1100. The topological polar surface area (TPSA) is 84.1 Å². The Morgan fingerprint density at radius 3 is 2.53 bits per heavy atom. The Morgan fingerprint density at radius 2 is 1.87 bits per heavy atom. The van der Waals surface area contributed by atoms with Gasteiger partial charge in [-0.1, -0.05) is 23.9 Å². The van der Waals surface area contributed by atoms with E-state index in [1.54, 1.807) is 24.3 Å². The summed E-state index contributed by atoms with van der Waals surface area (Å²) in [7, 11) is 1.54. The maximum Gasteiger partial charge on any atom is 0.418 e. The Morgan fingerprint density at radius 1 is 1.17 bits per heavy atom. The highest BCUT2D eigenvalue weighted by atomic mass is 32.2. The quantitative estimate of drug-likeness (QED) is 0.448. The van der Waals surface area contributed by atoms with Gasteiger partial charge < -0.3 is 15.0 Å². The van der Waals surface area contributed by atoms with Gasteiger partial charge in [-0.05, 0) is 36.4 Å². The maximum atomic E-state index is 13.0. The van der Waals surface area contributed by atoms with E-state index in [-0.39, 0.29) is 16.6 Å². The number of aromatic nitrogens is 2. The number of carbonyl (C=O) groups is 1. The first kappa shape index (κ1) is 21.4. The third-order valence-electron chi connectivity index (χ3n) is 3.95. The minimum Gasteiger partial charge on any atom is -0.497 e. The van der Waals surface area contributed by atoms with Gasteiger partial charge in [-0.15, -0.1) is 0 Å². The van der Waals surface area contributed by atoms with Crippen molar-refractivity contribution in [2.45, 2.75) is 11.3 Å². The summed E-state index contributed by atoms with van der Waals surface area (Å²) in [6.07, 6.45) is -4.59. The molecule has 0 atom stereocenters. The molecule has 0 aliphatic rings. The molecule has 0 fully saturated rings. The maximum absolute atomic E-state index is 13.0. The monoisotopic (exact) mass is 435 g/mol. The molecule has 1 heterocycles. The van der Waals surface area contributed by atoms with Gasteiger partial charge in [0.1, 0.15) is 5.75 Å². The summed E-state index contributed by atoms with van der Waals surface area (Å²) >= 11 is 0.907. The number of methoxy groups -OCH3 is 1. The number of anilines is 1. The van der Waals surface area contributed by atoms with Gasteiger partial charge in [0, 0.05) is 11.6 Å². The minimum absolute atomic E-state index is 0.174. The van der Waals surface area contributed by atoms with Crippen LogP contribution in [0.3, 0.4) is 0 Å². The van der Waals surface area contributed by atoms with E-state index in [2.05, 4.69) is 15.3 Å². The predicted octanol–water partition coefficient (Wildman–Crippen LogP) is 4.20. The van der Waals surface area contributed by atoms with E-state index in [1.807, 2.05) is 0 Å². The lowest BCUT2D eigenvalue weighted by Gasteiger charge is -2.13. The standard InChI is InChI=1S/C20H16F3N3O3S/c1-29-13-8-6-12(7-9-13)16-10-17(27)26-19(25-16)30-11-18(28)24-15-5-3-2-4-14(15)20(21,22)23/h2-10H,11H2,1H3,(H,24,28)(H,25,26,27). The summed E-state index contributed by atoms with van der Waals surface area (Å²) in [5, 5.41) is 2.42. The van der Waals surface area contributed by atoms with Crippen LogP contribution in [0, 0.1) is 0 Å². The van der Waals surface area contributed by atoms with Gasteiger partial charge in [0.2, 0.25) is 5.91 Å². The summed E-state index contributed by atoms with van der Waals surface area (Å²) in [6.45, 7) is 0. The van der Waals surface area contributed by atoms with E-state index in [9.17, 15) is 22.8 Å². The molecule has 1 aromatic heterocycles. The highest BCUT2D eigenvalue weighted by molar-refractivity contribution is 7.99. The number of nitrogens with zero attached hydrogens (tertiary/aromatic N) is 1. The molecule has 2 aromatic carbocycles. The number of aromatic amines is 1. The molecule has 0 saturated heterocycles. The van der Waals surface area contributed by atoms with Gasteiger partial charge in [0.15, 0.2) is 5.16 Å². The molecule has 10 heteroatoms. The molecule has 1 amide bonds. The van der Waals surface area contributed by atoms with E-state index in [4.69, 9.17) is 4.74 Å². The van der Waals surface area contributed by atoms with Gasteiger partial charge in [-0.3, -0.25) is 9.59 Å². The Labute approximate surface area is 173 Å². The molecule has 2 N–H and O–H groups in total. The van der Waals surface area contributed by atoms with Gasteiger partial charge in [-0.25, -0.2) is 4.98 Å². The predicted molar refractivity (Wildman–Crippen MR) is 108 cm³/mol. The number of amides is 1. The molecule has 0 aliphatic heterocycles. The van der Waals surface area contributed by atoms with Crippen LogP contribution >= 0.6 is 11.8 Å². The molecule has 3 rings (SSSR count). The van der Waals surface area contributed by atoms with Crippen LogP contribution in [0.5, 0.6) is 5.75 Å². The van der Waals surface area contributed by atoms with Crippen LogP contribution in [-0.4, -0.2) is 28.7 Å². The Balaban J connectivity index is 1.71. The zero-order chi connectivity index (χ0) is 21.7. The number of halogens is 3. The van der Waals surface area contributed by atoms with Crippen molar-refractivity contribution in [2.75, 3.05) is 18.2 Å². The fourth-order valence-electron chi connectivity index (χ4n) is 2.57. The van der Waals surface area contributed by atoms with Crippen molar-refractivity contribution in [3.05, 3.63) is 70.5 Å². The number of rotatable bonds is 6. The summed E-state index contributed by atoms with van der Waals surface area (Å²) in [5.74, 6) is -0.246. The lowest BCUT2D eigenvalue weighted by Crippen LogP contribution is -2.18. The van der Waals surface area contributed by atoms with Crippen molar-refractivity contribution in [2.24, 2.45) is 0 Å². The molecule has 0 radical (unpaired) electrons. The van der Waals surface area contributed by atoms with E-state index in [0.717, 1.165) is 17.8 Å². The van der Waals surface area contributed by atoms with Crippen molar-refractivity contribution in [3.63, 3.8) is 0 Å². The Hall–Kier alpha value is -3.27. The molecule has 0 bridgehead atoms. The smallest absolute Gasteiger partial charge is 0.418 e. The average molecular weight is 435 g/mol. The number of benzene rings is 2. The second kappa shape index (κ2) is 9.04. The van der Waals surface area contributed by atoms with Crippen LogP contribution < -0.4 is 15.6 Å². The molecular weight excluding hydrogens is 419 g/mol. The molecular formula is C20H16F3N3O3S. The summed E-state index contributed by atoms with van der Waals surface area (Å²) in [4.78, 5) is 30.9. The SMILES string of the molecule is COc1ccc(-c2cc(=O)[nH]c(SCC(=O)Nc3ccccc3C(F)(F)F)n2)cc1. The average Bonchev–Trinajstić information content (AvgIpc) is 2.71. The summed E-state index contributed by atoms with van der Waals surface area (Å²) in [6, 6.07) is 12.9.